The summed E-state index contributed by atoms with van der Waals surface area (Å²) in [6, 6.07) is 0. The summed E-state index contributed by atoms with van der Waals surface area (Å²) >= 11 is 0. The minimum absolute atomic E-state index is 0.188. The average Bonchev–Trinajstić information content (AvgIpc) is 1.92. The molecule has 2 N–H and O–H groups in total. The Bertz CT molecular complexity index is 86.6. The maximum Gasteiger partial charge on any atom is 0.294 e. The lowest BCUT2D eigenvalue weighted by atomic mass is 10.5. The highest BCUT2D eigenvalue weighted by Gasteiger charge is 2.34. The Hall–Kier alpha value is 0.0569. The zero-order chi connectivity index (χ0) is 8.20. The highest BCUT2D eigenvalue weighted by molar-refractivity contribution is 6.12. The highest BCUT2D eigenvalue weighted by Crippen LogP contribution is 2.13. The van der Waals surface area contributed by atoms with Crippen molar-refractivity contribution in [3.8, 4) is 0 Å². The fourth-order valence-electron chi connectivity index (χ4n) is 0.808. The van der Waals surface area contributed by atoms with Gasteiger partial charge < -0.3 is 19.9 Å². The molecule has 0 aromatic heterocycles. The van der Waals surface area contributed by atoms with Crippen molar-refractivity contribution in [3.63, 3.8) is 0 Å². The smallest absolute Gasteiger partial charge is 0.294 e. The van der Waals surface area contributed by atoms with E-state index in [1.54, 1.807) is 0 Å². The molecule has 0 aliphatic heterocycles. The zero-order valence-electron chi connectivity index (χ0n) is 6.88. The number of methoxy groups -OCH3 is 3. The van der Waals surface area contributed by atoms with Crippen molar-refractivity contribution in [1.29, 1.82) is 0 Å². The van der Waals surface area contributed by atoms with Gasteiger partial charge in [0.1, 0.15) is 0 Å². The first-order chi connectivity index (χ1) is 4.63. The van der Waals surface area contributed by atoms with Gasteiger partial charge >= 0.3 is 0 Å². The first kappa shape index (κ1) is 10.1. The SMILES string of the molecule is COC(OC)(OC)C(N)[SiH3]. The van der Waals surface area contributed by atoms with E-state index in [9.17, 15) is 0 Å². The van der Waals surface area contributed by atoms with Crippen molar-refractivity contribution >= 4 is 10.2 Å². The number of hydrogen-bond donors (Lipinski definition) is 1. The number of hydrogen-bond acceptors (Lipinski definition) is 4. The average molecular weight is 165 g/mol. The second-order valence-electron chi connectivity index (χ2n) is 2.00. The molecule has 0 bridgehead atoms. The monoisotopic (exact) mass is 165 g/mol. The van der Waals surface area contributed by atoms with Gasteiger partial charge in [0, 0.05) is 31.6 Å². The summed E-state index contributed by atoms with van der Waals surface area (Å²) < 4.78 is 14.9. The molecule has 0 saturated carbocycles. The summed E-state index contributed by atoms with van der Waals surface area (Å²) in [4.78, 5) is 0. The number of nitrogens with two attached hydrogens (primary N) is 1. The topological polar surface area (TPSA) is 53.7 Å². The van der Waals surface area contributed by atoms with Crippen molar-refractivity contribution in [1.82, 2.24) is 0 Å². The maximum atomic E-state index is 5.59. The van der Waals surface area contributed by atoms with Gasteiger partial charge in [0.25, 0.3) is 5.97 Å². The van der Waals surface area contributed by atoms with E-state index >= 15 is 0 Å². The lowest BCUT2D eigenvalue weighted by molar-refractivity contribution is -0.351. The molecule has 1 atom stereocenters. The summed E-state index contributed by atoms with van der Waals surface area (Å²) in [5, 5.41) is 0. The third-order valence-corrected chi connectivity index (χ3v) is 2.12. The molecule has 0 saturated heterocycles. The summed E-state index contributed by atoms with van der Waals surface area (Å²) in [6.45, 7) is 0. The zero-order valence-corrected chi connectivity index (χ0v) is 8.88. The fraction of sp³-hybridized carbons (Fsp3) is 1.00. The van der Waals surface area contributed by atoms with Gasteiger partial charge in [-0.2, -0.15) is 0 Å². The molecule has 0 rings (SSSR count). The fourth-order valence-corrected chi connectivity index (χ4v) is 1.51. The molecule has 0 radical (unpaired) electrons. The second kappa shape index (κ2) is 4.04. The molecule has 62 valence electrons. The van der Waals surface area contributed by atoms with E-state index in [4.69, 9.17) is 19.9 Å². The number of rotatable bonds is 4. The van der Waals surface area contributed by atoms with E-state index in [0.717, 1.165) is 10.2 Å². The third-order valence-electron chi connectivity index (χ3n) is 1.41. The van der Waals surface area contributed by atoms with Gasteiger partial charge in [0.05, 0.1) is 5.67 Å². The first-order valence-corrected chi connectivity index (χ1v) is 4.19. The van der Waals surface area contributed by atoms with Crippen molar-refractivity contribution in [2.45, 2.75) is 11.6 Å². The molecule has 0 aliphatic carbocycles. The Balaban J connectivity index is 4.15. The van der Waals surface area contributed by atoms with E-state index in [1.807, 2.05) is 0 Å². The second-order valence-corrected chi connectivity index (χ2v) is 3.25. The van der Waals surface area contributed by atoms with Gasteiger partial charge in [-0.1, -0.05) is 0 Å². The molecule has 0 aliphatic rings. The first-order valence-electron chi connectivity index (χ1n) is 3.04. The van der Waals surface area contributed by atoms with Crippen LogP contribution < -0.4 is 5.73 Å². The maximum absolute atomic E-state index is 5.59. The minimum atomic E-state index is -1.04. The van der Waals surface area contributed by atoms with Gasteiger partial charge in [-0.15, -0.1) is 0 Å². The van der Waals surface area contributed by atoms with Crippen LogP contribution in [-0.4, -0.2) is 43.2 Å². The lowest BCUT2D eigenvalue weighted by Crippen LogP contribution is -2.52. The Morgan fingerprint density at radius 2 is 1.50 bits per heavy atom. The van der Waals surface area contributed by atoms with E-state index in [0.29, 0.717) is 0 Å². The third kappa shape index (κ3) is 1.77. The molecule has 0 heterocycles. The normalized spacial score (nSPS) is 15.6. The van der Waals surface area contributed by atoms with Crippen LogP contribution in [0.1, 0.15) is 0 Å². The molecular weight excluding hydrogens is 150 g/mol. The molecule has 1 unspecified atom stereocenters. The van der Waals surface area contributed by atoms with Crippen LogP contribution in [-0.2, 0) is 14.2 Å². The van der Waals surface area contributed by atoms with Crippen molar-refractivity contribution in [2.24, 2.45) is 5.73 Å². The van der Waals surface area contributed by atoms with Crippen LogP contribution in [0, 0.1) is 0 Å². The largest absolute Gasteiger partial charge is 0.330 e. The summed E-state index contributed by atoms with van der Waals surface area (Å²) in [5.74, 6) is -1.04. The molecule has 0 aromatic carbocycles. The predicted molar refractivity (Wildman–Crippen MR) is 41.7 cm³/mol. The highest BCUT2D eigenvalue weighted by atomic mass is 28.1. The van der Waals surface area contributed by atoms with Crippen LogP contribution in [0.4, 0.5) is 0 Å². The predicted octanol–water partition coefficient (Wildman–Crippen LogP) is -1.77. The van der Waals surface area contributed by atoms with Gasteiger partial charge in [-0.3, -0.25) is 0 Å². The molecule has 0 fully saturated rings. The molecule has 0 spiro atoms. The van der Waals surface area contributed by atoms with E-state index < -0.39 is 5.97 Å². The van der Waals surface area contributed by atoms with E-state index in [1.165, 1.54) is 21.3 Å². The van der Waals surface area contributed by atoms with Gasteiger partial charge in [-0.05, 0) is 0 Å². The van der Waals surface area contributed by atoms with E-state index in [2.05, 4.69) is 0 Å². The summed E-state index contributed by atoms with van der Waals surface area (Å²) in [7, 11) is 5.27. The molecule has 5 heteroatoms. The lowest BCUT2D eigenvalue weighted by Gasteiger charge is -2.31. The molecular formula is C5H15NO3Si. The van der Waals surface area contributed by atoms with Crippen LogP contribution in [0.15, 0.2) is 0 Å². The molecule has 0 amide bonds. The quantitative estimate of drug-likeness (QED) is 0.396. The number of ether oxygens (including phenoxy) is 3. The van der Waals surface area contributed by atoms with Crippen molar-refractivity contribution in [3.05, 3.63) is 0 Å². The molecule has 0 aromatic rings. The van der Waals surface area contributed by atoms with Crippen LogP contribution in [0.3, 0.4) is 0 Å². The molecule has 4 nitrogen and oxygen atoms in total. The van der Waals surface area contributed by atoms with Crippen LogP contribution >= 0.6 is 0 Å². The van der Waals surface area contributed by atoms with Crippen molar-refractivity contribution in [2.75, 3.05) is 21.3 Å². The van der Waals surface area contributed by atoms with E-state index in [-0.39, 0.29) is 5.67 Å². The van der Waals surface area contributed by atoms with Gasteiger partial charge in [0.2, 0.25) is 0 Å². The van der Waals surface area contributed by atoms with Crippen LogP contribution in [0.25, 0.3) is 0 Å². The summed E-state index contributed by atoms with van der Waals surface area (Å²) in [5.41, 5.74) is 5.40. The van der Waals surface area contributed by atoms with Crippen molar-refractivity contribution < 1.29 is 14.2 Å². The van der Waals surface area contributed by atoms with Gasteiger partial charge in [0.15, 0.2) is 0 Å². The van der Waals surface area contributed by atoms with Gasteiger partial charge in [-0.25, -0.2) is 0 Å². The Morgan fingerprint density at radius 1 is 1.20 bits per heavy atom. The Labute approximate surface area is 64.1 Å². The minimum Gasteiger partial charge on any atom is -0.330 e. The Kier molecular flexibility index (Phi) is 4.07. The van der Waals surface area contributed by atoms with Crippen LogP contribution in [0.2, 0.25) is 0 Å². The summed E-state index contributed by atoms with van der Waals surface area (Å²) in [6.07, 6.45) is 0. The standard InChI is InChI=1S/C5H15NO3Si/c1-7-5(8-2,9-3)4(6)10/h4H,6H2,1-3,10H3. The molecule has 10 heavy (non-hydrogen) atoms. The Morgan fingerprint density at radius 3 is 1.50 bits per heavy atom. The van der Waals surface area contributed by atoms with Crippen LogP contribution in [0.5, 0.6) is 0 Å².